The molecule has 5 unspecified atom stereocenters. The number of carboxylic acid groups (broad SMARTS) is 1. The van der Waals surface area contributed by atoms with Crippen molar-refractivity contribution in [2.75, 3.05) is 24.3 Å². The van der Waals surface area contributed by atoms with Crippen LogP contribution >= 0.6 is 24.4 Å². The SMILES string of the molecule is CCC(C)C(NC(=O)C1CCCN1)C(=O)NC(CCSC)C(=O)NC(CS)C(=O)O. The molecule has 0 aromatic carbocycles. The lowest BCUT2D eigenvalue weighted by molar-refractivity contribution is -0.141. The molecule has 1 saturated heterocycles. The Bertz CT molecular complexity index is 601. The maximum Gasteiger partial charge on any atom is 0.327 e. The quantitative estimate of drug-likeness (QED) is 0.212. The van der Waals surface area contributed by atoms with Crippen LogP contribution in [-0.2, 0) is 19.2 Å². The Balaban J connectivity index is 2.88. The van der Waals surface area contributed by atoms with E-state index in [1.54, 1.807) is 0 Å². The van der Waals surface area contributed by atoms with E-state index in [9.17, 15) is 19.2 Å². The Kier molecular flexibility index (Phi) is 12.2. The van der Waals surface area contributed by atoms with Crippen molar-refractivity contribution in [3.63, 3.8) is 0 Å². The standard InChI is InChI=1S/C19H34N4O5S2/c1-4-11(2)15(23-16(24)12-6-5-8-20-12)18(26)21-13(7-9-30-3)17(25)22-14(10-29)19(27)28/h11-15,20,29H,4-10H2,1-3H3,(H,21,26)(H,22,25)(H,23,24)(H,27,28). The number of thioether (sulfide) groups is 1. The second-order valence-electron chi connectivity index (χ2n) is 7.45. The lowest BCUT2D eigenvalue weighted by atomic mass is 9.97. The van der Waals surface area contributed by atoms with E-state index in [-0.39, 0.29) is 23.6 Å². The normalized spacial score (nSPS) is 19.9. The summed E-state index contributed by atoms with van der Waals surface area (Å²) in [5, 5.41) is 20.2. The Morgan fingerprint density at radius 3 is 2.33 bits per heavy atom. The molecule has 0 bridgehead atoms. The first-order valence-electron chi connectivity index (χ1n) is 10.2. The van der Waals surface area contributed by atoms with Gasteiger partial charge in [0.1, 0.15) is 18.1 Å². The fourth-order valence-corrected chi connectivity index (χ4v) is 3.81. The lowest BCUT2D eigenvalue weighted by Gasteiger charge is -2.28. The van der Waals surface area contributed by atoms with Gasteiger partial charge in [0.2, 0.25) is 17.7 Å². The van der Waals surface area contributed by atoms with Crippen molar-refractivity contribution < 1.29 is 24.3 Å². The number of hydrogen-bond acceptors (Lipinski definition) is 7. The van der Waals surface area contributed by atoms with Crippen molar-refractivity contribution in [2.24, 2.45) is 5.92 Å². The van der Waals surface area contributed by atoms with E-state index in [4.69, 9.17) is 5.11 Å². The minimum absolute atomic E-state index is 0.0653. The van der Waals surface area contributed by atoms with Gasteiger partial charge in [-0.3, -0.25) is 14.4 Å². The van der Waals surface area contributed by atoms with Crippen molar-refractivity contribution >= 4 is 48.1 Å². The summed E-state index contributed by atoms with van der Waals surface area (Å²) in [5.74, 6) is -2.04. The highest BCUT2D eigenvalue weighted by Gasteiger charge is 2.33. The van der Waals surface area contributed by atoms with E-state index in [1.165, 1.54) is 11.8 Å². The summed E-state index contributed by atoms with van der Waals surface area (Å²) < 4.78 is 0. The van der Waals surface area contributed by atoms with E-state index in [0.29, 0.717) is 18.6 Å². The Morgan fingerprint density at radius 2 is 1.83 bits per heavy atom. The number of carbonyl (C=O) groups is 4. The molecule has 11 heteroatoms. The van der Waals surface area contributed by atoms with Crippen LogP contribution in [0.5, 0.6) is 0 Å². The van der Waals surface area contributed by atoms with Crippen LogP contribution < -0.4 is 21.3 Å². The summed E-state index contributed by atoms with van der Waals surface area (Å²) in [5.41, 5.74) is 0. The molecule has 5 N–H and O–H groups in total. The highest BCUT2D eigenvalue weighted by molar-refractivity contribution is 7.98. The number of aliphatic carboxylic acids is 1. The van der Waals surface area contributed by atoms with Gasteiger partial charge < -0.3 is 26.4 Å². The first kappa shape index (κ1) is 26.6. The van der Waals surface area contributed by atoms with Gasteiger partial charge in [0, 0.05) is 5.75 Å². The largest absolute Gasteiger partial charge is 0.480 e. The van der Waals surface area contributed by atoms with Crippen LogP contribution in [-0.4, -0.2) is 77.3 Å². The van der Waals surface area contributed by atoms with Crippen LogP contribution in [0.2, 0.25) is 0 Å². The molecule has 0 aromatic rings. The molecule has 30 heavy (non-hydrogen) atoms. The highest BCUT2D eigenvalue weighted by Crippen LogP contribution is 2.12. The second-order valence-corrected chi connectivity index (χ2v) is 8.80. The van der Waals surface area contributed by atoms with Gasteiger partial charge in [-0.1, -0.05) is 20.3 Å². The van der Waals surface area contributed by atoms with E-state index < -0.39 is 35.9 Å². The third-order valence-corrected chi connectivity index (χ3v) is 6.22. The summed E-state index contributed by atoms with van der Waals surface area (Å²) in [6, 6.07) is -3.14. The zero-order valence-corrected chi connectivity index (χ0v) is 19.5. The van der Waals surface area contributed by atoms with Crippen molar-refractivity contribution in [2.45, 2.75) is 63.7 Å². The predicted octanol–water partition coefficient (Wildman–Crippen LogP) is 0.00640. The van der Waals surface area contributed by atoms with Crippen LogP contribution in [0, 0.1) is 5.92 Å². The summed E-state index contributed by atoms with van der Waals surface area (Å²) in [4.78, 5) is 49.3. The van der Waals surface area contributed by atoms with Gasteiger partial charge in [-0.15, -0.1) is 0 Å². The van der Waals surface area contributed by atoms with Crippen molar-refractivity contribution in [3.05, 3.63) is 0 Å². The third-order valence-electron chi connectivity index (χ3n) is 5.21. The van der Waals surface area contributed by atoms with Crippen molar-refractivity contribution in [1.82, 2.24) is 21.3 Å². The first-order chi connectivity index (χ1) is 14.2. The maximum absolute atomic E-state index is 13.0. The van der Waals surface area contributed by atoms with E-state index in [0.717, 1.165) is 19.4 Å². The van der Waals surface area contributed by atoms with Gasteiger partial charge in [0.25, 0.3) is 0 Å². The van der Waals surface area contributed by atoms with Crippen molar-refractivity contribution in [3.8, 4) is 0 Å². The van der Waals surface area contributed by atoms with Gasteiger partial charge in [-0.25, -0.2) is 4.79 Å². The molecular weight excluding hydrogens is 428 g/mol. The van der Waals surface area contributed by atoms with Gasteiger partial charge in [-0.05, 0) is 43.7 Å². The number of hydrogen-bond donors (Lipinski definition) is 6. The molecule has 0 spiro atoms. The van der Waals surface area contributed by atoms with Gasteiger partial charge in [0.15, 0.2) is 0 Å². The van der Waals surface area contributed by atoms with Crippen LogP contribution in [0.3, 0.4) is 0 Å². The van der Waals surface area contributed by atoms with Gasteiger partial charge >= 0.3 is 5.97 Å². The topological polar surface area (TPSA) is 137 Å². The number of rotatable bonds is 13. The molecule has 9 nitrogen and oxygen atoms in total. The molecule has 0 radical (unpaired) electrons. The van der Waals surface area contributed by atoms with Crippen LogP contribution in [0.4, 0.5) is 0 Å². The van der Waals surface area contributed by atoms with E-state index in [2.05, 4.69) is 33.9 Å². The third kappa shape index (κ3) is 8.35. The first-order valence-corrected chi connectivity index (χ1v) is 12.2. The summed E-state index contributed by atoms with van der Waals surface area (Å²) in [6.07, 6.45) is 4.51. The Hall–Kier alpha value is -1.46. The fourth-order valence-electron chi connectivity index (χ4n) is 3.09. The molecule has 5 atom stereocenters. The average molecular weight is 463 g/mol. The lowest BCUT2D eigenvalue weighted by Crippen LogP contribution is -2.58. The number of carbonyl (C=O) groups excluding carboxylic acids is 3. The van der Waals surface area contributed by atoms with Crippen LogP contribution in [0.15, 0.2) is 0 Å². The Labute approximate surface area is 187 Å². The smallest absolute Gasteiger partial charge is 0.327 e. The monoisotopic (exact) mass is 462 g/mol. The molecule has 1 rings (SSSR count). The molecule has 1 aliphatic heterocycles. The van der Waals surface area contributed by atoms with E-state index >= 15 is 0 Å². The van der Waals surface area contributed by atoms with Gasteiger partial charge in [-0.2, -0.15) is 24.4 Å². The van der Waals surface area contributed by atoms with Gasteiger partial charge in [0.05, 0.1) is 6.04 Å². The summed E-state index contributed by atoms with van der Waals surface area (Å²) in [6.45, 7) is 4.56. The molecule has 0 aliphatic carbocycles. The minimum Gasteiger partial charge on any atom is -0.480 e. The number of nitrogens with one attached hydrogen (secondary N) is 4. The molecule has 3 amide bonds. The molecule has 0 saturated carbocycles. The zero-order chi connectivity index (χ0) is 22.7. The zero-order valence-electron chi connectivity index (χ0n) is 17.8. The van der Waals surface area contributed by atoms with E-state index in [1.807, 2.05) is 20.1 Å². The number of thiol groups is 1. The summed E-state index contributed by atoms with van der Waals surface area (Å²) in [7, 11) is 0. The molecule has 1 fully saturated rings. The molecule has 172 valence electrons. The average Bonchev–Trinajstić information content (AvgIpc) is 3.26. The molecule has 1 aliphatic rings. The van der Waals surface area contributed by atoms with Crippen molar-refractivity contribution in [1.29, 1.82) is 0 Å². The summed E-state index contributed by atoms with van der Waals surface area (Å²) >= 11 is 5.46. The fraction of sp³-hybridized carbons (Fsp3) is 0.789. The minimum atomic E-state index is -1.19. The molecule has 1 heterocycles. The molecular formula is C19H34N4O5S2. The highest BCUT2D eigenvalue weighted by atomic mass is 32.2. The predicted molar refractivity (Wildman–Crippen MR) is 121 cm³/mol. The second kappa shape index (κ2) is 13.8. The Morgan fingerprint density at radius 1 is 1.17 bits per heavy atom. The molecule has 0 aromatic heterocycles. The van der Waals surface area contributed by atoms with Crippen LogP contribution in [0.25, 0.3) is 0 Å². The van der Waals surface area contributed by atoms with Crippen LogP contribution in [0.1, 0.15) is 39.5 Å². The maximum atomic E-state index is 13.0. The number of carboxylic acids is 1. The number of amides is 3.